The molecule has 1 aromatic heterocycles. The molecular formula is C28H28N4O3. The molecule has 0 unspecified atom stereocenters. The zero-order chi connectivity index (χ0) is 23.9. The zero-order valence-electron chi connectivity index (χ0n) is 19.7. The Morgan fingerprint density at radius 3 is 2.46 bits per heavy atom. The highest BCUT2D eigenvalue weighted by atomic mass is 16.3. The summed E-state index contributed by atoms with van der Waals surface area (Å²) < 4.78 is 6.23. The fourth-order valence-electron chi connectivity index (χ4n) is 5.16. The van der Waals surface area contributed by atoms with Crippen LogP contribution in [0.5, 0.6) is 0 Å². The number of hydrogen-bond donors (Lipinski definition) is 3. The van der Waals surface area contributed by atoms with Gasteiger partial charge < -0.3 is 24.9 Å². The molecule has 1 aliphatic rings. The molecular weight excluding hydrogens is 440 g/mol. The Labute approximate surface area is 201 Å². The summed E-state index contributed by atoms with van der Waals surface area (Å²) >= 11 is 0. The van der Waals surface area contributed by atoms with Crippen LogP contribution in [0.2, 0.25) is 0 Å². The largest absolute Gasteiger partial charge is 0.453 e. The van der Waals surface area contributed by atoms with E-state index in [0.717, 1.165) is 50.2 Å². The van der Waals surface area contributed by atoms with E-state index in [-0.39, 0.29) is 10.9 Å². The quantitative estimate of drug-likeness (QED) is 0.206. The molecule has 35 heavy (non-hydrogen) atoms. The van der Waals surface area contributed by atoms with Gasteiger partial charge in [0.15, 0.2) is 22.0 Å². The first-order valence-electron chi connectivity index (χ1n) is 12.2. The topological polar surface area (TPSA) is 90.4 Å². The van der Waals surface area contributed by atoms with Crippen LogP contribution in [0.15, 0.2) is 62.5 Å². The third-order valence-electron chi connectivity index (χ3n) is 6.95. The van der Waals surface area contributed by atoms with Gasteiger partial charge in [0.05, 0.1) is 21.8 Å². The number of nitrogens with one attached hydrogen (secondary N) is 3. The predicted octanol–water partition coefficient (Wildman–Crippen LogP) is 3.96. The molecule has 4 aromatic carbocycles. The highest BCUT2D eigenvalue weighted by molar-refractivity contribution is 6.14. The molecule has 0 amide bonds. The summed E-state index contributed by atoms with van der Waals surface area (Å²) in [6.45, 7) is 7.84. The first kappa shape index (κ1) is 21.8. The van der Waals surface area contributed by atoms with Crippen molar-refractivity contribution in [3.63, 3.8) is 0 Å². The third-order valence-corrected chi connectivity index (χ3v) is 6.95. The number of nitrogens with zero attached hydrogens (tertiary/aromatic N) is 1. The SMILES string of the molecule is Cc1ccc2oc3cc(NCCCN4CCNCC4)c4c(=O)c5ccccc5c(=O)c4c3[nH]c2c1. The van der Waals surface area contributed by atoms with E-state index < -0.39 is 0 Å². The van der Waals surface area contributed by atoms with Crippen LogP contribution in [0.4, 0.5) is 5.69 Å². The van der Waals surface area contributed by atoms with Crippen LogP contribution in [-0.2, 0) is 0 Å². The first-order chi connectivity index (χ1) is 17.1. The Hall–Kier alpha value is -3.68. The van der Waals surface area contributed by atoms with Crippen molar-refractivity contribution in [2.75, 3.05) is 44.6 Å². The number of aromatic amines is 1. The molecule has 3 N–H and O–H groups in total. The minimum absolute atomic E-state index is 0.139. The Kier molecular flexibility index (Phi) is 5.51. The van der Waals surface area contributed by atoms with Crippen molar-refractivity contribution in [3.05, 3.63) is 74.5 Å². The van der Waals surface area contributed by atoms with Gasteiger partial charge >= 0.3 is 0 Å². The van der Waals surface area contributed by atoms with Gasteiger partial charge in [-0.3, -0.25) is 9.59 Å². The van der Waals surface area contributed by atoms with Crippen LogP contribution < -0.4 is 21.5 Å². The summed E-state index contributed by atoms with van der Waals surface area (Å²) in [5.74, 6) is 0. The van der Waals surface area contributed by atoms with Crippen molar-refractivity contribution in [1.82, 2.24) is 15.2 Å². The number of anilines is 1. The van der Waals surface area contributed by atoms with E-state index in [1.165, 1.54) is 0 Å². The molecule has 178 valence electrons. The van der Waals surface area contributed by atoms with Gasteiger partial charge in [0.25, 0.3) is 0 Å². The summed E-state index contributed by atoms with van der Waals surface area (Å²) in [7, 11) is 0. The third kappa shape index (κ3) is 3.87. The molecule has 0 aliphatic carbocycles. The van der Waals surface area contributed by atoms with Gasteiger partial charge in [0.2, 0.25) is 0 Å². The summed E-state index contributed by atoms with van der Waals surface area (Å²) in [4.78, 5) is 33.2. The number of aryl methyl sites for hydroxylation is 1. The number of H-pyrrole nitrogens is 1. The van der Waals surface area contributed by atoms with Crippen LogP contribution in [0.25, 0.3) is 43.7 Å². The second-order valence-corrected chi connectivity index (χ2v) is 9.35. The predicted molar refractivity (Wildman–Crippen MR) is 143 cm³/mol. The molecule has 7 heteroatoms. The van der Waals surface area contributed by atoms with Crippen molar-refractivity contribution >= 4 is 49.4 Å². The van der Waals surface area contributed by atoms with Gasteiger partial charge in [-0.1, -0.05) is 30.3 Å². The highest BCUT2D eigenvalue weighted by Crippen LogP contribution is 2.31. The van der Waals surface area contributed by atoms with E-state index in [4.69, 9.17) is 4.42 Å². The zero-order valence-corrected chi connectivity index (χ0v) is 19.7. The molecule has 0 spiro atoms. The number of piperazine rings is 1. The van der Waals surface area contributed by atoms with Gasteiger partial charge in [-0.25, -0.2) is 0 Å². The van der Waals surface area contributed by atoms with Gasteiger partial charge in [-0.15, -0.1) is 0 Å². The lowest BCUT2D eigenvalue weighted by atomic mass is 9.99. The van der Waals surface area contributed by atoms with Crippen LogP contribution in [0, 0.1) is 6.92 Å². The molecule has 0 bridgehead atoms. The smallest absolute Gasteiger partial charge is 0.196 e. The Morgan fingerprint density at radius 1 is 0.943 bits per heavy atom. The highest BCUT2D eigenvalue weighted by Gasteiger charge is 2.19. The van der Waals surface area contributed by atoms with Crippen molar-refractivity contribution in [3.8, 4) is 0 Å². The van der Waals surface area contributed by atoms with Crippen molar-refractivity contribution < 1.29 is 4.42 Å². The molecule has 0 saturated carbocycles. The maximum Gasteiger partial charge on any atom is 0.196 e. The van der Waals surface area contributed by atoms with E-state index >= 15 is 0 Å². The molecule has 5 aromatic rings. The van der Waals surface area contributed by atoms with Gasteiger partial charge in [0, 0.05) is 55.2 Å². The van der Waals surface area contributed by atoms with E-state index in [1.807, 2.05) is 31.2 Å². The Bertz CT molecular complexity index is 1700. The molecule has 1 saturated heterocycles. The molecule has 7 nitrogen and oxygen atoms in total. The summed E-state index contributed by atoms with van der Waals surface area (Å²) in [6.07, 6.45) is 0.936. The van der Waals surface area contributed by atoms with Crippen LogP contribution in [0.1, 0.15) is 12.0 Å². The lowest BCUT2D eigenvalue weighted by Crippen LogP contribution is -2.44. The summed E-state index contributed by atoms with van der Waals surface area (Å²) in [5.41, 5.74) is 4.00. The fourth-order valence-corrected chi connectivity index (χ4v) is 5.16. The minimum Gasteiger partial charge on any atom is -0.453 e. The number of rotatable bonds is 5. The Morgan fingerprint density at radius 2 is 1.69 bits per heavy atom. The van der Waals surface area contributed by atoms with E-state index in [9.17, 15) is 9.59 Å². The average molecular weight is 469 g/mol. The number of benzene rings is 4. The number of aromatic nitrogens is 1. The fraction of sp³-hybridized carbons (Fsp3) is 0.286. The average Bonchev–Trinajstić information content (AvgIpc) is 2.88. The van der Waals surface area contributed by atoms with Crippen LogP contribution in [-0.4, -0.2) is 49.2 Å². The molecule has 1 fully saturated rings. The second kappa shape index (κ2) is 8.83. The van der Waals surface area contributed by atoms with E-state index in [0.29, 0.717) is 50.5 Å². The number of hydrogen-bond acceptors (Lipinski definition) is 6. The van der Waals surface area contributed by atoms with Gasteiger partial charge in [-0.05, 0) is 37.6 Å². The molecule has 6 rings (SSSR count). The lowest BCUT2D eigenvalue weighted by molar-refractivity contribution is 0.240. The monoisotopic (exact) mass is 468 g/mol. The maximum atomic E-state index is 13.7. The summed E-state index contributed by atoms with van der Waals surface area (Å²) in [6, 6.07) is 14.8. The van der Waals surface area contributed by atoms with Crippen LogP contribution in [0.3, 0.4) is 0 Å². The maximum absolute atomic E-state index is 13.7. The molecule has 1 aliphatic heterocycles. The Balaban J connectivity index is 1.52. The normalized spacial score (nSPS) is 14.9. The lowest BCUT2D eigenvalue weighted by Gasteiger charge is -2.27. The van der Waals surface area contributed by atoms with Crippen molar-refractivity contribution in [1.29, 1.82) is 0 Å². The minimum atomic E-state index is -0.164. The second-order valence-electron chi connectivity index (χ2n) is 9.35. The van der Waals surface area contributed by atoms with Crippen molar-refractivity contribution in [2.45, 2.75) is 13.3 Å². The van der Waals surface area contributed by atoms with Gasteiger partial charge in [0.1, 0.15) is 0 Å². The molecule has 0 atom stereocenters. The summed E-state index contributed by atoms with van der Waals surface area (Å²) in [5, 5.41) is 8.50. The standard InChI is InChI=1S/C28H28N4O3/c1-17-7-8-22-20(15-17)31-26-23(35-22)16-21(30-9-4-12-32-13-10-29-11-14-32)24-25(26)28(34)19-6-3-2-5-18(19)27(24)33/h2-3,5-8,15-16,29-31H,4,9-14H2,1H3. The molecule has 2 heterocycles. The first-order valence-corrected chi connectivity index (χ1v) is 12.2. The van der Waals surface area contributed by atoms with Crippen LogP contribution >= 0.6 is 0 Å². The van der Waals surface area contributed by atoms with Crippen molar-refractivity contribution in [2.24, 2.45) is 0 Å². The van der Waals surface area contributed by atoms with Gasteiger partial charge in [-0.2, -0.15) is 0 Å². The number of fused-ring (bicyclic) bond motifs is 5. The molecule has 0 radical (unpaired) electrons. The van der Waals surface area contributed by atoms with E-state index in [2.05, 4.69) is 20.5 Å². The van der Waals surface area contributed by atoms with E-state index in [1.54, 1.807) is 24.3 Å².